The van der Waals surface area contributed by atoms with E-state index in [-0.39, 0.29) is 9.37 Å². The van der Waals surface area contributed by atoms with Gasteiger partial charge in [0.25, 0.3) is 10.0 Å². The smallest absolute Gasteiger partial charge is 0.264 e. The zero-order valence-electron chi connectivity index (χ0n) is 12.2. The van der Waals surface area contributed by atoms with E-state index in [1.807, 2.05) is 0 Å². The molecule has 3 rings (SSSR count). The number of aromatic amines is 1. The lowest BCUT2D eigenvalue weighted by Gasteiger charge is -2.09. The van der Waals surface area contributed by atoms with Gasteiger partial charge in [-0.05, 0) is 34.1 Å². The van der Waals surface area contributed by atoms with Crippen LogP contribution in [0.3, 0.4) is 0 Å². The average molecular weight is 417 g/mol. The number of aromatic nitrogens is 1. The van der Waals surface area contributed by atoms with Crippen LogP contribution in [0.4, 0.5) is 14.5 Å². The largest absolute Gasteiger partial charge is 0.497 e. The van der Waals surface area contributed by atoms with Gasteiger partial charge in [-0.3, -0.25) is 4.72 Å². The Morgan fingerprint density at radius 2 is 1.92 bits per heavy atom. The van der Waals surface area contributed by atoms with Crippen molar-refractivity contribution < 1.29 is 21.9 Å². The summed E-state index contributed by atoms with van der Waals surface area (Å²) < 4.78 is 59.5. The molecule has 0 spiro atoms. The molecule has 0 bridgehead atoms. The predicted molar refractivity (Wildman–Crippen MR) is 89.7 cm³/mol. The number of anilines is 1. The van der Waals surface area contributed by atoms with Gasteiger partial charge in [0.1, 0.15) is 22.3 Å². The van der Waals surface area contributed by atoms with E-state index in [1.165, 1.54) is 13.3 Å². The van der Waals surface area contributed by atoms with E-state index >= 15 is 0 Å². The summed E-state index contributed by atoms with van der Waals surface area (Å²) in [6, 6.07) is 6.43. The molecule has 0 unspecified atom stereocenters. The number of ether oxygens (including phenoxy) is 1. The third kappa shape index (κ3) is 2.96. The highest BCUT2D eigenvalue weighted by Gasteiger charge is 2.21. The normalized spacial score (nSPS) is 11.7. The van der Waals surface area contributed by atoms with Crippen LogP contribution in [-0.4, -0.2) is 20.5 Å². The first kappa shape index (κ1) is 16.7. The SMILES string of the molecule is COc1ccc2c(S(=O)(=O)Nc3cc(F)c(Br)cc3F)c[nH]c2c1. The van der Waals surface area contributed by atoms with Crippen LogP contribution in [0.25, 0.3) is 10.9 Å². The molecule has 0 aliphatic rings. The molecule has 0 aliphatic heterocycles. The molecule has 0 fully saturated rings. The van der Waals surface area contributed by atoms with Gasteiger partial charge in [-0.25, -0.2) is 17.2 Å². The Morgan fingerprint density at radius 3 is 2.62 bits per heavy atom. The monoisotopic (exact) mass is 416 g/mol. The fourth-order valence-electron chi connectivity index (χ4n) is 2.23. The minimum atomic E-state index is -4.11. The first-order valence-electron chi connectivity index (χ1n) is 6.64. The standard InChI is InChI=1S/C15H11BrF2N2O3S/c1-23-8-2-3-9-13(4-8)19-7-15(9)24(21,22)20-14-6-11(17)10(16)5-12(14)18/h2-7,19-20H,1H3. The first-order valence-corrected chi connectivity index (χ1v) is 8.92. The molecule has 0 saturated heterocycles. The fraction of sp³-hybridized carbons (Fsp3) is 0.0667. The van der Waals surface area contributed by atoms with Gasteiger partial charge in [0, 0.05) is 23.7 Å². The maximum absolute atomic E-state index is 13.9. The van der Waals surface area contributed by atoms with Crippen molar-refractivity contribution in [1.29, 1.82) is 0 Å². The minimum absolute atomic E-state index is 0.0807. The van der Waals surface area contributed by atoms with Crippen LogP contribution in [0.15, 0.2) is 45.9 Å². The van der Waals surface area contributed by atoms with Crippen molar-refractivity contribution in [1.82, 2.24) is 4.98 Å². The van der Waals surface area contributed by atoms with Crippen LogP contribution in [0.2, 0.25) is 0 Å². The van der Waals surface area contributed by atoms with E-state index < -0.39 is 27.3 Å². The number of H-pyrrole nitrogens is 1. The van der Waals surface area contributed by atoms with E-state index in [4.69, 9.17) is 4.74 Å². The number of benzene rings is 2. The molecule has 1 heterocycles. The molecule has 0 aliphatic carbocycles. The fourth-order valence-corrected chi connectivity index (χ4v) is 3.78. The van der Waals surface area contributed by atoms with E-state index in [2.05, 4.69) is 25.6 Å². The van der Waals surface area contributed by atoms with Crippen molar-refractivity contribution in [3.63, 3.8) is 0 Å². The molecule has 3 aromatic rings. The highest BCUT2D eigenvalue weighted by molar-refractivity contribution is 9.10. The maximum atomic E-state index is 13.9. The summed E-state index contributed by atoms with van der Waals surface area (Å²) in [6.07, 6.45) is 1.28. The van der Waals surface area contributed by atoms with Gasteiger partial charge >= 0.3 is 0 Å². The van der Waals surface area contributed by atoms with Crippen LogP contribution >= 0.6 is 15.9 Å². The second kappa shape index (κ2) is 6.06. The predicted octanol–water partition coefficient (Wildman–Crippen LogP) is 4.02. The molecular formula is C15H11BrF2N2O3S. The molecule has 1 aromatic heterocycles. The van der Waals surface area contributed by atoms with E-state index in [0.717, 1.165) is 12.1 Å². The second-order valence-electron chi connectivity index (χ2n) is 4.92. The minimum Gasteiger partial charge on any atom is -0.497 e. The van der Waals surface area contributed by atoms with Crippen molar-refractivity contribution in [2.24, 2.45) is 0 Å². The van der Waals surface area contributed by atoms with Crippen molar-refractivity contribution >= 4 is 42.5 Å². The Kier molecular flexibility index (Phi) is 4.22. The lowest BCUT2D eigenvalue weighted by atomic mass is 10.2. The zero-order chi connectivity index (χ0) is 17.5. The third-order valence-electron chi connectivity index (χ3n) is 3.39. The highest BCUT2D eigenvalue weighted by atomic mass is 79.9. The Hall–Kier alpha value is -2.13. The molecule has 2 aromatic carbocycles. The molecule has 0 radical (unpaired) electrons. The van der Waals surface area contributed by atoms with Crippen LogP contribution in [0, 0.1) is 11.6 Å². The third-order valence-corrected chi connectivity index (χ3v) is 5.41. The number of sulfonamides is 1. The van der Waals surface area contributed by atoms with Gasteiger partial charge < -0.3 is 9.72 Å². The number of halogens is 3. The molecule has 2 N–H and O–H groups in total. The lowest BCUT2D eigenvalue weighted by molar-refractivity contribution is 0.415. The van der Waals surface area contributed by atoms with E-state index in [9.17, 15) is 17.2 Å². The van der Waals surface area contributed by atoms with E-state index in [1.54, 1.807) is 18.2 Å². The molecule has 126 valence electrons. The summed E-state index contributed by atoms with van der Waals surface area (Å²) >= 11 is 2.84. The molecule has 5 nitrogen and oxygen atoms in total. The van der Waals surface area contributed by atoms with Crippen molar-refractivity contribution in [2.45, 2.75) is 4.90 Å². The summed E-state index contributed by atoms with van der Waals surface area (Å²) in [5.41, 5.74) is 0.0655. The van der Waals surface area contributed by atoms with Gasteiger partial charge in [0.2, 0.25) is 0 Å². The molecule has 0 saturated carbocycles. The number of hydrogen-bond acceptors (Lipinski definition) is 3. The number of nitrogens with one attached hydrogen (secondary N) is 2. The Labute approximate surface area is 144 Å². The maximum Gasteiger partial charge on any atom is 0.264 e. The van der Waals surface area contributed by atoms with Gasteiger partial charge in [-0.15, -0.1) is 0 Å². The second-order valence-corrected chi connectivity index (χ2v) is 7.42. The van der Waals surface area contributed by atoms with Crippen LogP contribution in [0.5, 0.6) is 5.75 Å². The van der Waals surface area contributed by atoms with Crippen LogP contribution in [-0.2, 0) is 10.0 Å². The number of methoxy groups -OCH3 is 1. The Bertz CT molecular complexity index is 1030. The zero-order valence-corrected chi connectivity index (χ0v) is 14.6. The number of fused-ring (bicyclic) bond motifs is 1. The molecule has 24 heavy (non-hydrogen) atoms. The Balaban J connectivity index is 2.04. The molecular weight excluding hydrogens is 406 g/mol. The molecule has 9 heteroatoms. The lowest BCUT2D eigenvalue weighted by Crippen LogP contribution is -2.14. The number of rotatable bonds is 4. The highest BCUT2D eigenvalue weighted by Crippen LogP contribution is 2.29. The van der Waals surface area contributed by atoms with Crippen molar-refractivity contribution in [2.75, 3.05) is 11.8 Å². The number of hydrogen-bond donors (Lipinski definition) is 2. The summed E-state index contributed by atoms with van der Waals surface area (Å²) in [4.78, 5) is 2.73. The van der Waals surface area contributed by atoms with E-state index in [0.29, 0.717) is 16.7 Å². The Morgan fingerprint density at radius 1 is 1.17 bits per heavy atom. The van der Waals surface area contributed by atoms with Crippen molar-refractivity contribution in [3.8, 4) is 5.75 Å². The quantitative estimate of drug-likeness (QED) is 0.630. The van der Waals surface area contributed by atoms with Crippen LogP contribution < -0.4 is 9.46 Å². The van der Waals surface area contributed by atoms with Crippen molar-refractivity contribution in [3.05, 3.63) is 52.6 Å². The summed E-state index contributed by atoms with van der Waals surface area (Å²) in [5, 5.41) is 0.404. The molecule has 0 amide bonds. The summed E-state index contributed by atoms with van der Waals surface area (Å²) in [5.74, 6) is -1.12. The van der Waals surface area contributed by atoms with Crippen LogP contribution in [0.1, 0.15) is 0 Å². The summed E-state index contributed by atoms with van der Waals surface area (Å²) in [7, 11) is -2.62. The van der Waals surface area contributed by atoms with Gasteiger partial charge in [0.15, 0.2) is 0 Å². The van der Waals surface area contributed by atoms with Gasteiger partial charge in [0.05, 0.1) is 22.8 Å². The topological polar surface area (TPSA) is 71.2 Å². The first-order chi connectivity index (χ1) is 11.3. The van der Waals surface area contributed by atoms with Gasteiger partial charge in [-0.1, -0.05) is 0 Å². The molecule has 0 atom stereocenters. The van der Waals surface area contributed by atoms with Gasteiger partial charge in [-0.2, -0.15) is 0 Å². The average Bonchev–Trinajstić information content (AvgIpc) is 2.96. The summed E-state index contributed by atoms with van der Waals surface area (Å²) in [6.45, 7) is 0.